The van der Waals surface area contributed by atoms with Crippen molar-refractivity contribution in [3.05, 3.63) is 10.5 Å². The van der Waals surface area contributed by atoms with Crippen molar-refractivity contribution in [2.75, 3.05) is 12.9 Å². The molecule has 0 radical (unpaired) electrons. The average molecular weight is 198 g/mol. The number of hydrogen-bond donors (Lipinski definition) is 0. The Hall–Kier alpha value is 0.0500. The molecule has 1 aliphatic carbocycles. The molecule has 0 aromatic rings. The quantitative estimate of drug-likeness (QED) is 0.639. The second-order valence-corrected chi connectivity index (χ2v) is 5.03. The topological polar surface area (TPSA) is 9.23 Å². The maximum Gasteiger partial charge on any atom is 0.0886 e. The van der Waals surface area contributed by atoms with Gasteiger partial charge in [0.15, 0.2) is 0 Å². The Labute approximate surface area is 84.9 Å². The zero-order valence-corrected chi connectivity index (χ0v) is 9.16. The van der Waals surface area contributed by atoms with Crippen molar-refractivity contribution in [3.63, 3.8) is 0 Å². The van der Waals surface area contributed by atoms with Crippen molar-refractivity contribution >= 4 is 11.8 Å². The van der Waals surface area contributed by atoms with Gasteiger partial charge in [0, 0.05) is 17.8 Å². The molecule has 1 atom stereocenters. The minimum Gasteiger partial charge on any atom is -0.376 e. The lowest BCUT2D eigenvalue weighted by atomic mass is 9.93. The first-order chi connectivity index (χ1) is 6.42. The molecular formula is C11H18OS. The summed E-state index contributed by atoms with van der Waals surface area (Å²) in [6.07, 6.45) is 8.56. The SMILES string of the molecule is CO[C@@H]1CCSC1=C1CCCCC1. The van der Waals surface area contributed by atoms with Crippen LogP contribution in [0.2, 0.25) is 0 Å². The number of ether oxygens (including phenoxy) is 1. The van der Waals surface area contributed by atoms with E-state index in [1.807, 2.05) is 18.9 Å². The predicted octanol–water partition coefficient (Wildman–Crippen LogP) is 3.36. The molecule has 0 aromatic carbocycles. The summed E-state index contributed by atoms with van der Waals surface area (Å²) in [5.74, 6) is 1.26. The summed E-state index contributed by atoms with van der Waals surface area (Å²) < 4.78 is 5.50. The fourth-order valence-electron chi connectivity index (χ4n) is 2.28. The Morgan fingerprint density at radius 1 is 1.23 bits per heavy atom. The van der Waals surface area contributed by atoms with Gasteiger partial charge in [0.25, 0.3) is 0 Å². The van der Waals surface area contributed by atoms with Crippen molar-refractivity contribution in [1.82, 2.24) is 0 Å². The van der Waals surface area contributed by atoms with E-state index in [1.165, 1.54) is 44.3 Å². The Morgan fingerprint density at radius 2 is 2.00 bits per heavy atom. The van der Waals surface area contributed by atoms with Gasteiger partial charge >= 0.3 is 0 Å². The van der Waals surface area contributed by atoms with Crippen molar-refractivity contribution in [3.8, 4) is 0 Å². The van der Waals surface area contributed by atoms with E-state index in [9.17, 15) is 0 Å². The fourth-order valence-corrected chi connectivity index (χ4v) is 3.64. The molecule has 1 aliphatic heterocycles. The molecule has 2 rings (SSSR count). The molecule has 1 saturated carbocycles. The molecule has 0 amide bonds. The zero-order valence-electron chi connectivity index (χ0n) is 8.34. The van der Waals surface area contributed by atoms with Crippen LogP contribution in [0.5, 0.6) is 0 Å². The molecule has 2 fully saturated rings. The van der Waals surface area contributed by atoms with Crippen molar-refractivity contribution in [2.45, 2.75) is 44.6 Å². The molecule has 2 aliphatic rings. The molecule has 2 heteroatoms. The first-order valence-corrected chi connectivity index (χ1v) is 6.28. The maximum atomic E-state index is 5.50. The molecule has 0 bridgehead atoms. The van der Waals surface area contributed by atoms with E-state index in [4.69, 9.17) is 4.74 Å². The third kappa shape index (κ3) is 2.10. The third-order valence-electron chi connectivity index (χ3n) is 3.02. The summed E-state index contributed by atoms with van der Waals surface area (Å²) in [6.45, 7) is 0. The second kappa shape index (κ2) is 4.52. The van der Waals surface area contributed by atoms with Gasteiger partial charge in [0.05, 0.1) is 6.10 Å². The first-order valence-electron chi connectivity index (χ1n) is 5.29. The Bertz CT molecular complexity index is 202. The van der Waals surface area contributed by atoms with Crippen molar-refractivity contribution < 1.29 is 4.74 Å². The van der Waals surface area contributed by atoms with E-state index in [0.29, 0.717) is 6.10 Å². The molecule has 13 heavy (non-hydrogen) atoms. The van der Waals surface area contributed by atoms with Gasteiger partial charge in [-0.25, -0.2) is 0 Å². The standard InChI is InChI=1S/C11H18OS/c1-12-10-7-8-13-11(10)9-5-3-2-4-6-9/h10H,2-8H2,1H3/t10-/m1/s1. The highest BCUT2D eigenvalue weighted by molar-refractivity contribution is 8.03. The molecule has 1 heterocycles. The Kier molecular flexibility index (Phi) is 3.33. The monoisotopic (exact) mass is 198 g/mol. The summed E-state index contributed by atoms with van der Waals surface area (Å²) in [4.78, 5) is 1.59. The zero-order chi connectivity index (χ0) is 9.10. The lowest BCUT2D eigenvalue weighted by molar-refractivity contribution is 0.138. The predicted molar refractivity (Wildman–Crippen MR) is 58.0 cm³/mol. The van der Waals surface area contributed by atoms with Crippen LogP contribution < -0.4 is 0 Å². The third-order valence-corrected chi connectivity index (χ3v) is 4.32. The average Bonchev–Trinajstić information content (AvgIpc) is 2.67. The molecule has 1 nitrogen and oxygen atoms in total. The Balaban J connectivity index is 2.10. The number of thioether (sulfide) groups is 1. The van der Waals surface area contributed by atoms with Gasteiger partial charge in [0.1, 0.15) is 0 Å². The van der Waals surface area contributed by atoms with Crippen LogP contribution in [-0.4, -0.2) is 19.0 Å². The lowest BCUT2D eigenvalue weighted by Crippen LogP contribution is -2.09. The van der Waals surface area contributed by atoms with Gasteiger partial charge in [0.2, 0.25) is 0 Å². The molecular weight excluding hydrogens is 180 g/mol. The van der Waals surface area contributed by atoms with E-state index in [2.05, 4.69) is 0 Å². The van der Waals surface area contributed by atoms with Gasteiger partial charge in [-0.05, 0) is 32.1 Å². The molecule has 1 saturated heterocycles. The van der Waals surface area contributed by atoms with Gasteiger partial charge in [-0.2, -0.15) is 0 Å². The highest BCUT2D eigenvalue weighted by Crippen LogP contribution is 2.39. The molecule has 0 aromatic heterocycles. The second-order valence-electron chi connectivity index (χ2n) is 3.89. The highest BCUT2D eigenvalue weighted by atomic mass is 32.2. The van der Waals surface area contributed by atoms with Gasteiger partial charge in [-0.15, -0.1) is 11.8 Å². The summed E-state index contributed by atoms with van der Waals surface area (Å²) >= 11 is 2.04. The van der Waals surface area contributed by atoms with Crippen LogP contribution in [0, 0.1) is 0 Å². The number of rotatable bonds is 1. The number of methoxy groups -OCH3 is 1. The number of allylic oxidation sites excluding steroid dienone is 1. The fraction of sp³-hybridized carbons (Fsp3) is 0.818. The van der Waals surface area contributed by atoms with Gasteiger partial charge in [-0.3, -0.25) is 0 Å². The van der Waals surface area contributed by atoms with E-state index >= 15 is 0 Å². The van der Waals surface area contributed by atoms with Crippen molar-refractivity contribution in [1.29, 1.82) is 0 Å². The largest absolute Gasteiger partial charge is 0.376 e. The van der Waals surface area contributed by atoms with Crippen LogP contribution in [0.25, 0.3) is 0 Å². The summed E-state index contributed by atoms with van der Waals surface area (Å²) in [5.41, 5.74) is 1.71. The minimum atomic E-state index is 0.443. The Morgan fingerprint density at radius 3 is 2.69 bits per heavy atom. The maximum absolute atomic E-state index is 5.50. The molecule has 0 N–H and O–H groups in total. The van der Waals surface area contributed by atoms with E-state index in [1.54, 1.807) is 10.5 Å². The van der Waals surface area contributed by atoms with Gasteiger partial charge in [-0.1, -0.05) is 12.0 Å². The van der Waals surface area contributed by atoms with Crippen molar-refractivity contribution in [2.24, 2.45) is 0 Å². The smallest absolute Gasteiger partial charge is 0.0886 e. The highest BCUT2D eigenvalue weighted by Gasteiger charge is 2.25. The van der Waals surface area contributed by atoms with Crippen LogP contribution >= 0.6 is 11.8 Å². The van der Waals surface area contributed by atoms with E-state index in [0.717, 1.165) is 0 Å². The van der Waals surface area contributed by atoms with E-state index < -0.39 is 0 Å². The normalized spacial score (nSPS) is 29.8. The van der Waals surface area contributed by atoms with Gasteiger partial charge < -0.3 is 4.74 Å². The van der Waals surface area contributed by atoms with Crippen LogP contribution in [-0.2, 0) is 4.74 Å². The molecule has 74 valence electrons. The van der Waals surface area contributed by atoms with Crippen LogP contribution in [0.4, 0.5) is 0 Å². The minimum absolute atomic E-state index is 0.443. The first kappa shape index (κ1) is 9.60. The van der Waals surface area contributed by atoms with Crippen LogP contribution in [0.15, 0.2) is 10.5 Å². The molecule has 0 spiro atoms. The van der Waals surface area contributed by atoms with Crippen LogP contribution in [0.1, 0.15) is 38.5 Å². The molecule has 0 unspecified atom stereocenters. The summed E-state index contributed by atoms with van der Waals surface area (Å²) in [6, 6.07) is 0. The van der Waals surface area contributed by atoms with Crippen LogP contribution in [0.3, 0.4) is 0 Å². The van der Waals surface area contributed by atoms with E-state index in [-0.39, 0.29) is 0 Å². The lowest BCUT2D eigenvalue weighted by Gasteiger charge is -2.19. The summed E-state index contributed by atoms with van der Waals surface area (Å²) in [5, 5.41) is 0. The summed E-state index contributed by atoms with van der Waals surface area (Å²) in [7, 11) is 1.85. The number of hydrogen-bond acceptors (Lipinski definition) is 2.